The standard InChI is InChI=1S/C16H14BrClN2O4S/c1-2-12(24-20-25(21,22)10-6-4-3-5-7-10)16-14-13(23-19-16)9-8-11(17)15(14)18/h3-9,12,20H,2H2,1H3. The Bertz CT molecular complexity index is 992. The summed E-state index contributed by atoms with van der Waals surface area (Å²) < 4.78 is 30.5. The van der Waals surface area contributed by atoms with Crippen molar-refractivity contribution in [3.05, 3.63) is 57.7 Å². The molecule has 0 saturated heterocycles. The first kappa shape index (κ1) is 18.3. The largest absolute Gasteiger partial charge is 0.356 e. The van der Waals surface area contributed by atoms with Crippen molar-refractivity contribution in [3.8, 4) is 0 Å². The third-order valence-electron chi connectivity index (χ3n) is 3.58. The highest BCUT2D eigenvalue weighted by Crippen LogP contribution is 2.37. The van der Waals surface area contributed by atoms with E-state index in [-0.39, 0.29) is 4.90 Å². The topological polar surface area (TPSA) is 81.4 Å². The molecule has 0 spiro atoms. The smallest absolute Gasteiger partial charge is 0.262 e. The highest BCUT2D eigenvalue weighted by atomic mass is 79.9. The van der Waals surface area contributed by atoms with Crippen LogP contribution >= 0.6 is 27.5 Å². The second kappa shape index (κ2) is 7.43. The second-order valence-electron chi connectivity index (χ2n) is 5.22. The van der Waals surface area contributed by atoms with Crippen LogP contribution in [0.4, 0.5) is 0 Å². The summed E-state index contributed by atoms with van der Waals surface area (Å²) in [6.45, 7) is 1.84. The summed E-state index contributed by atoms with van der Waals surface area (Å²) in [6, 6.07) is 11.4. The minimum atomic E-state index is -3.80. The molecule has 1 N–H and O–H groups in total. The summed E-state index contributed by atoms with van der Waals surface area (Å²) in [5, 5.41) is 5.02. The molecule has 0 amide bonds. The van der Waals surface area contributed by atoms with Crippen LogP contribution in [-0.4, -0.2) is 13.6 Å². The molecule has 3 rings (SSSR count). The number of aromatic nitrogens is 1. The van der Waals surface area contributed by atoms with Crippen molar-refractivity contribution >= 4 is 48.5 Å². The van der Waals surface area contributed by atoms with Gasteiger partial charge in [0.1, 0.15) is 11.8 Å². The fourth-order valence-corrected chi connectivity index (χ4v) is 3.75. The zero-order valence-corrected chi connectivity index (χ0v) is 16.2. The molecule has 25 heavy (non-hydrogen) atoms. The number of hydrogen-bond acceptors (Lipinski definition) is 5. The van der Waals surface area contributed by atoms with Crippen LogP contribution in [0.2, 0.25) is 5.02 Å². The zero-order chi connectivity index (χ0) is 18.0. The lowest BCUT2D eigenvalue weighted by Gasteiger charge is -2.14. The number of nitrogens with zero attached hydrogens (tertiary/aromatic N) is 1. The average molecular weight is 446 g/mol. The molecule has 1 atom stereocenters. The van der Waals surface area contributed by atoms with Crippen LogP contribution in [0.5, 0.6) is 0 Å². The second-order valence-corrected chi connectivity index (χ2v) is 8.09. The van der Waals surface area contributed by atoms with E-state index in [1.807, 2.05) is 6.92 Å². The van der Waals surface area contributed by atoms with Crippen LogP contribution in [0.1, 0.15) is 25.1 Å². The van der Waals surface area contributed by atoms with Gasteiger partial charge in [-0.05, 0) is 46.6 Å². The molecule has 0 aliphatic carbocycles. The van der Waals surface area contributed by atoms with E-state index >= 15 is 0 Å². The maximum atomic E-state index is 12.3. The van der Waals surface area contributed by atoms with Crippen LogP contribution in [0.15, 0.2) is 56.4 Å². The molecule has 6 nitrogen and oxygen atoms in total. The Labute approximate surface area is 158 Å². The van der Waals surface area contributed by atoms with Crippen LogP contribution in [0, 0.1) is 0 Å². The van der Waals surface area contributed by atoms with E-state index in [9.17, 15) is 8.42 Å². The SMILES string of the molecule is CCC(ONS(=O)(=O)c1ccccc1)c1noc2ccc(Br)c(Cl)c12. The van der Waals surface area contributed by atoms with E-state index in [1.54, 1.807) is 30.3 Å². The molecule has 0 radical (unpaired) electrons. The number of hydrogen-bond donors (Lipinski definition) is 1. The highest BCUT2D eigenvalue weighted by Gasteiger charge is 2.24. The number of fused-ring (bicyclic) bond motifs is 1. The minimum Gasteiger partial charge on any atom is -0.356 e. The van der Waals surface area contributed by atoms with Crippen molar-refractivity contribution in [3.63, 3.8) is 0 Å². The summed E-state index contributed by atoms with van der Waals surface area (Å²) in [6.07, 6.45) is -0.201. The lowest BCUT2D eigenvalue weighted by molar-refractivity contribution is 0.0104. The predicted molar refractivity (Wildman–Crippen MR) is 97.6 cm³/mol. The Morgan fingerprint density at radius 1 is 1.28 bits per heavy atom. The molecular weight excluding hydrogens is 432 g/mol. The van der Waals surface area contributed by atoms with E-state index < -0.39 is 16.1 Å². The third kappa shape index (κ3) is 3.73. The maximum Gasteiger partial charge on any atom is 0.262 e. The first-order valence-electron chi connectivity index (χ1n) is 7.40. The molecular formula is C16H14BrClN2O4S. The van der Waals surface area contributed by atoms with Gasteiger partial charge in [-0.25, -0.2) is 8.42 Å². The third-order valence-corrected chi connectivity index (χ3v) is 6.07. The van der Waals surface area contributed by atoms with Crippen molar-refractivity contribution in [2.45, 2.75) is 24.3 Å². The molecule has 132 valence electrons. The van der Waals surface area contributed by atoms with Gasteiger partial charge in [0, 0.05) is 4.47 Å². The summed E-state index contributed by atoms with van der Waals surface area (Å²) >= 11 is 9.67. The number of rotatable bonds is 6. The average Bonchev–Trinajstić information content (AvgIpc) is 3.04. The quantitative estimate of drug-likeness (QED) is 0.561. The van der Waals surface area contributed by atoms with Crippen molar-refractivity contribution < 1.29 is 17.8 Å². The van der Waals surface area contributed by atoms with Gasteiger partial charge in [-0.3, -0.25) is 4.84 Å². The summed E-state index contributed by atoms with van der Waals surface area (Å²) in [7, 11) is -3.80. The first-order chi connectivity index (χ1) is 11.9. The van der Waals surface area contributed by atoms with E-state index in [0.29, 0.717) is 32.6 Å². The number of nitrogens with one attached hydrogen (secondary N) is 1. The van der Waals surface area contributed by atoms with Gasteiger partial charge in [0.2, 0.25) is 0 Å². The van der Waals surface area contributed by atoms with Crippen molar-refractivity contribution in [2.24, 2.45) is 0 Å². The number of benzene rings is 2. The molecule has 0 fully saturated rings. The minimum absolute atomic E-state index is 0.107. The molecule has 0 bridgehead atoms. The van der Waals surface area contributed by atoms with Crippen molar-refractivity contribution in [1.82, 2.24) is 10.0 Å². The summed E-state index contributed by atoms with van der Waals surface area (Å²) in [4.78, 5) is 7.68. The Balaban J connectivity index is 1.88. The molecule has 2 aromatic carbocycles. The van der Waals surface area contributed by atoms with Gasteiger partial charge < -0.3 is 4.52 Å². The van der Waals surface area contributed by atoms with E-state index in [1.165, 1.54) is 12.1 Å². The van der Waals surface area contributed by atoms with E-state index in [0.717, 1.165) is 0 Å². The number of halogens is 2. The van der Waals surface area contributed by atoms with Gasteiger partial charge in [-0.1, -0.05) is 46.8 Å². The molecule has 0 saturated carbocycles. The lowest BCUT2D eigenvalue weighted by Crippen LogP contribution is -2.26. The lowest BCUT2D eigenvalue weighted by atomic mass is 10.1. The van der Waals surface area contributed by atoms with Crippen LogP contribution in [0.25, 0.3) is 11.0 Å². The molecule has 1 heterocycles. The van der Waals surface area contributed by atoms with E-state index in [4.69, 9.17) is 21.0 Å². The van der Waals surface area contributed by atoms with Gasteiger partial charge >= 0.3 is 0 Å². The van der Waals surface area contributed by atoms with Crippen molar-refractivity contribution in [2.75, 3.05) is 0 Å². The Hall–Kier alpha value is -1.45. The van der Waals surface area contributed by atoms with Gasteiger partial charge in [-0.15, -0.1) is 0 Å². The van der Waals surface area contributed by atoms with Crippen LogP contribution in [-0.2, 0) is 14.9 Å². The summed E-state index contributed by atoms with van der Waals surface area (Å²) in [5.74, 6) is 0. The molecule has 3 aromatic rings. The Morgan fingerprint density at radius 3 is 2.68 bits per heavy atom. The van der Waals surface area contributed by atoms with Gasteiger partial charge in [0.25, 0.3) is 10.0 Å². The monoisotopic (exact) mass is 444 g/mol. The first-order valence-corrected chi connectivity index (χ1v) is 10.0. The number of sulfonamides is 1. The van der Waals surface area contributed by atoms with Crippen LogP contribution < -0.4 is 4.89 Å². The van der Waals surface area contributed by atoms with Gasteiger partial charge in [0.05, 0.1) is 15.3 Å². The molecule has 1 unspecified atom stereocenters. The Kier molecular flexibility index (Phi) is 5.45. The highest BCUT2D eigenvalue weighted by molar-refractivity contribution is 9.10. The van der Waals surface area contributed by atoms with Crippen LogP contribution in [0.3, 0.4) is 0 Å². The van der Waals surface area contributed by atoms with Gasteiger partial charge in [-0.2, -0.15) is 0 Å². The predicted octanol–water partition coefficient (Wildman–Crippen LogP) is 4.60. The normalized spacial score (nSPS) is 13.2. The van der Waals surface area contributed by atoms with Gasteiger partial charge in [0.15, 0.2) is 5.58 Å². The molecule has 9 heteroatoms. The maximum absolute atomic E-state index is 12.3. The fourth-order valence-electron chi connectivity index (χ4n) is 2.31. The summed E-state index contributed by atoms with van der Waals surface area (Å²) in [5.41, 5.74) is 0.927. The van der Waals surface area contributed by atoms with Crippen molar-refractivity contribution in [1.29, 1.82) is 0 Å². The Morgan fingerprint density at radius 2 is 2.00 bits per heavy atom. The molecule has 0 aliphatic heterocycles. The van der Waals surface area contributed by atoms with E-state index in [2.05, 4.69) is 26.0 Å². The zero-order valence-electron chi connectivity index (χ0n) is 13.1. The fraction of sp³-hybridized carbons (Fsp3) is 0.188. The molecule has 0 aliphatic rings. The molecule has 1 aromatic heterocycles.